The molecule has 0 aliphatic rings. The number of nitrogens with zero attached hydrogens (tertiary/aromatic N) is 6. The van der Waals surface area contributed by atoms with Crippen molar-refractivity contribution in [3.05, 3.63) is 202 Å². The summed E-state index contributed by atoms with van der Waals surface area (Å²) >= 11 is 0. The van der Waals surface area contributed by atoms with Gasteiger partial charge in [-0.3, -0.25) is 0 Å². The van der Waals surface area contributed by atoms with Crippen molar-refractivity contribution in [1.82, 2.24) is 18.3 Å². The van der Waals surface area contributed by atoms with Gasteiger partial charge in [0.15, 0.2) is 0 Å². The second-order valence-electron chi connectivity index (χ2n) is 19.4. The fourth-order valence-corrected chi connectivity index (χ4v) is 11.6. The zero-order valence-corrected chi connectivity index (χ0v) is 39.6. The van der Waals surface area contributed by atoms with E-state index in [9.17, 15) is 10.5 Å². The van der Waals surface area contributed by atoms with Crippen LogP contribution in [0.25, 0.3) is 110 Å². The van der Waals surface area contributed by atoms with E-state index in [-0.39, 0.29) is 0 Å². The van der Waals surface area contributed by atoms with Crippen molar-refractivity contribution >= 4 is 87.2 Å². The van der Waals surface area contributed by atoms with Crippen LogP contribution in [-0.4, -0.2) is 18.3 Å². The molecule has 13 aromatic rings. The predicted molar refractivity (Wildman–Crippen MR) is 286 cm³/mol. The Morgan fingerprint density at radius 2 is 0.464 bits per heavy atom. The van der Waals surface area contributed by atoms with Crippen molar-refractivity contribution in [2.75, 3.05) is 0 Å². The summed E-state index contributed by atoms with van der Waals surface area (Å²) in [4.78, 5) is 0. The van der Waals surface area contributed by atoms with E-state index in [1.54, 1.807) is 0 Å². The summed E-state index contributed by atoms with van der Waals surface area (Å²) in [6.07, 6.45) is 0. The smallest absolute Gasteiger partial charge is 0.104 e. The number of aromatic nitrogens is 4. The minimum atomic E-state index is 0.450. The molecule has 0 aliphatic carbocycles. The van der Waals surface area contributed by atoms with E-state index in [1.165, 1.54) is 0 Å². The lowest BCUT2D eigenvalue weighted by molar-refractivity contribution is 1.02. The third-order valence-corrected chi connectivity index (χ3v) is 14.6. The fraction of sp³-hybridized carbons (Fsp3) is 0.111. The summed E-state index contributed by atoms with van der Waals surface area (Å²) in [6.45, 7) is 14.9. The van der Waals surface area contributed by atoms with Crippen molar-refractivity contribution in [2.45, 2.75) is 48.5 Å². The van der Waals surface area contributed by atoms with Crippen LogP contribution in [0.5, 0.6) is 0 Å². The lowest BCUT2D eigenvalue weighted by Gasteiger charge is -2.27. The highest BCUT2D eigenvalue weighted by Crippen LogP contribution is 2.49. The summed E-state index contributed by atoms with van der Waals surface area (Å²) in [7, 11) is 0. The van der Waals surface area contributed by atoms with Gasteiger partial charge in [-0.05, 0) is 139 Å². The number of fused-ring (bicyclic) bond motifs is 12. The van der Waals surface area contributed by atoms with E-state index in [0.29, 0.717) is 33.9 Å². The van der Waals surface area contributed by atoms with E-state index in [4.69, 9.17) is 0 Å². The van der Waals surface area contributed by atoms with E-state index < -0.39 is 0 Å². The molecule has 9 aromatic carbocycles. The van der Waals surface area contributed by atoms with Crippen LogP contribution < -0.4 is 0 Å². The lowest BCUT2D eigenvalue weighted by Crippen LogP contribution is -2.16. The quantitative estimate of drug-likeness (QED) is 0.177. The molecule has 13 rings (SSSR count). The lowest BCUT2D eigenvalue weighted by atomic mass is 9.98. The van der Waals surface area contributed by atoms with Crippen molar-refractivity contribution in [3.8, 4) is 34.9 Å². The van der Waals surface area contributed by atoms with Gasteiger partial charge >= 0.3 is 0 Å². The number of hydrogen-bond acceptors (Lipinski definition) is 2. The molecule has 0 N–H and O–H groups in total. The Hall–Kier alpha value is -8.84. The topological polar surface area (TPSA) is 67.3 Å². The number of benzene rings is 9. The first-order chi connectivity index (χ1) is 33.5. The molecule has 0 fully saturated rings. The van der Waals surface area contributed by atoms with Crippen LogP contribution in [0.15, 0.2) is 152 Å². The molecule has 6 nitrogen and oxygen atoms in total. The molecular weight excluding hydrogens is 841 g/mol. The molecular formula is C63H46N6. The first-order valence-electron chi connectivity index (χ1n) is 23.6. The Kier molecular flexibility index (Phi) is 8.54. The normalized spacial score (nSPS) is 12.0. The number of para-hydroxylation sites is 1. The summed E-state index contributed by atoms with van der Waals surface area (Å²) < 4.78 is 9.11. The SMILES string of the molecule is Cc1ccc2c(c1)c1ccccc1n2-c1c(C#N)c(-n2c3ccc(C)cc3c3cc(C)ccc32)c(-n2c3ccc(C)cc3c3cc(C)ccc32)c(C#N)c1-n1c2ccc(C)cc2c2cc(C)ccc21. The maximum Gasteiger partial charge on any atom is 0.104 e. The molecule has 4 aromatic heterocycles. The van der Waals surface area contributed by atoms with Crippen molar-refractivity contribution < 1.29 is 0 Å². The van der Waals surface area contributed by atoms with Crippen LogP contribution in [0.1, 0.15) is 50.1 Å². The van der Waals surface area contributed by atoms with Crippen LogP contribution in [0.3, 0.4) is 0 Å². The molecule has 69 heavy (non-hydrogen) atoms. The first kappa shape index (κ1) is 40.4. The Balaban J connectivity index is 1.39. The number of hydrogen-bond donors (Lipinski definition) is 0. The van der Waals surface area contributed by atoms with Gasteiger partial charge in [-0.25, -0.2) is 0 Å². The van der Waals surface area contributed by atoms with Crippen molar-refractivity contribution in [2.24, 2.45) is 0 Å². The molecule has 0 unspecified atom stereocenters. The standard InChI is InChI=1S/C63H46N6/c1-35-12-19-53-43(26-35)42-10-8-9-11-52(42)66(53)60-50(33-64)62(68-56-22-15-38(4)29-46(56)47-30-39(5)16-23-57(47)68)63(69-58-24-17-40(6)31-48(58)49-32-41(7)18-25-59(49)69)51(34-65)61(60)67-54-20-13-36(2)27-44(54)45-28-37(3)14-21-55(45)67/h8-32H,1-7H3. The highest BCUT2D eigenvalue weighted by Gasteiger charge is 2.34. The van der Waals surface area contributed by atoms with E-state index >= 15 is 0 Å². The summed E-state index contributed by atoms with van der Waals surface area (Å²) in [5.41, 5.74) is 19.1. The van der Waals surface area contributed by atoms with Gasteiger partial charge < -0.3 is 18.3 Å². The third kappa shape index (κ3) is 5.64. The molecule has 0 saturated carbocycles. The summed E-state index contributed by atoms with van der Waals surface area (Å²) in [5, 5.41) is 33.8. The second-order valence-corrected chi connectivity index (χ2v) is 19.4. The third-order valence-electron chi connectivity index (χ3n) is 14.6. The predicted octanol–water partition coefficient (Wildman–Crippen LogP) is 16.0. The molecule has 0 bridgehead atoms. The van der Waals surface area contributed by atoms with Gasteiger partial charge in [0.05, 0.1) is 66.9 Å². The Bertz CT molecular complexity index is 4350. The van der Waals surface area contributed by atoms with Crippen LogP contribution >= 0.6 is 0 Å². The van der Waals surface area contributed by atoms with Crippen molar-refractivity contribution in [3.63, 3.8) is 0 Å². The number of rotatable bonds is 4. The molecule has 0 radical (unpaired) electrons. The monoisotopic (exact) mass is 886 g/mol. The van der Waals surface area contributed by atoms with Gasteiger partial charge in [-0.15, -0.1) is 0 Å². The molecule has 328 valence electrons. The minimum absolute atomic E-state index is 0.450. The van der Waals surface area contributed by atoms with E-state index in [1.807, 2.05) is 0 Å². The minimum Gasteiger partial charge on any atom is -0.306 e. The van der Waals surface area contributed by atoms with Crippen LogP contribution in [0, 0.1) is 71.1 Å². The molecule has 0 spiro atoms. The molecule has 6 heteroatoms. The molecule has 0 amide bonds. The van der Waals surface area contributed by atoms with Gasteiger partial charge in [-0.2, -0.15) is 10.5 Å². The average Bonchev–Trinajstić information content (AvgIpc) is 4.04. The molecule has 0 atom stereocenters. The van der Waals surface area contributed by atoms with E-state index in [0.717, 1.165) is 126 Å². The van der Waals surface area contributed by atoms with Crippen molar-refractivity contribution in [1.29, 1.82) is 10.5 Å². The van der Waals surface area contributed by atoms with Gasteiger partial charge in [0.25, 0.3) is 0 Å². The van der Waals surface area contributed by atoms with E-state index in [2.05, 4.69) is 231 Å². The highest BCUT2D eigenvalue weighted by molar-refractivity contribution is 6.16. The Morgan fingerprint density at radius 1 is 0.261 bits per heavy atom. The molecule has 0 aliphatic heterocycles. The van der Waals surface area contributed by atoms with Crippen LogP contribution in [0.4, 0.5) is 0 Å². The summed E-state index contributed by atoms with van der Waals surface area (Å²) in [6, 6.07) is 60.5. The molecule has 0 saturated heterocycles. The highest BCUT2D eigenvalue weighted by atomic mass is 15.1. The number of nitriles is 2. The maximum absolute atomic E-state index is 12.6. The second kappa shape index (κ2) is 14.6. The van der Waals surface area contributed by atoms with Gasteiger partial charge in [0, 0.05) is 43.1 Å². The van der Waals surface area contributed by atoms with Gasteiger partial charge in [-0.1, -0.05) is 99.6 Å². The van der Waals surface area contributed by atoms with Crippen LogP contribution in [-0.2, 0) is 0 Å². The zero-order chi connectivity index (χ0) is 47.1. The van der Waals surface area contributed by atoms with Gasteiger partial charge in [0.2, 0.25) is 0 Å². The Labute approximate surface area is 399 Å². The zero-order valence-electron chi connectivity index (χ0n) is 39.6. The number of aryl methyl sites for hydroxylation is 7. The first-order valence-corrected chi connectivity index (χ1v) is 23.6. The van der Waals surface area contributed by atoms with Gasteiger partial charge in [0.1, 0.15) is 23.3 Å². The average molecular weight is 887 g/mol. The largest absolute Gasteiger partial charge is 0.306 e. The maximum atomic E-state index is 12.6. The Morgan fingerprint density at radius 3 is 0.696 bits per heavy atom. The molecule has 4 heterocycles. The fourth-order valence-electron chi connectivity index (χ4n) is 11.6. The van der Waals surface area contributed by atoms with Crippen LogP contribution in [0.2, 0.25) is 0 Å². The summed E-state index contributed by atoms with van der Waals surface area (Å²) in [5.74, 6) is 0.